The van der Waals surface area contributed by atoms with Gasteiger partial charge in [0, 0.05) is 13.0 Å². The largest absolute Gasteiger partial charge is 0.480 e. The second-order valence-electron chi connectivity index (χ2n) is 8.78. The molecule has 8 heteroatoms. The number of hydrogen-bond acceptors (Lipinski definition) is 6. The van der Waals surface area contributed by atoms with Gasteiger partial charge in [-0.3, -0.25) is 9.59 Å². The van der Waals surface area contributed by atoms with Gasteiger partial charge >= 0.3 is 11.9 Å². The van der Waals surface area contributed by atoms with Crippen LogP contribution >= 0.6 is 0 Å². The summed E-state index contributed by atoms with van der Waals surface area (Å²) in [5.74, 6) is -3.17. The first kappa shape index (κ1) is 25.1. The van der Waals surface area contributed by atoms with E-state index < -0.39 is 41.5 Å². The van der Waals surface area contributed by atoms with Crippen LogP contribution in [0.1, 0.15) is 53.9 Å². The molecule has 8 nitrogen and oxygen atoms in total. The number of carboxylic acid groups (broad SMARTS) is 1. The maximum Gasteiger partial charge on any atom is 0.326 e. The Bertz CT molecular complexity index is 598. The Morgan fingerprint density at radius 3 is 2.41 bits per heavy atom. The van der Waals surface area contributed by atoms with Gasteiger partial charge in [-0.2, -0.15) is 0 Å². The number of rotatable bonds is 10. The topological polar surface area (TPSA) is 113 Å². The molecule has 1 heterocycles. The highest BCUT2D eigenvalue weighted by molar-refractivity contribution is 5.88. The van der Waals surface area contributed by atoms with Crippen LogP contribution in [-0.2, 0) is 23.9 Å². The van der Waals surface area contributed by atoms with Gasteiger partial charge in [-0.25, -0.2) is 4.79 Å². The number of carboxylic acids is 1. The molecule has 0 aliphatic carbocycles. The zero-order valence-corrected chi connectivity index (χ0v) is 18.1. The number of β-amino-alcohol motifs (C(OH)–C–C–N with tert-alkyl or cyclic N) is 1. The third-order valence-corrected chi connectivity index (χ3v) is 4.86. The first-order valence-electron chi connectivity index (χ1n) is 10.0. The summed E-state index contributed by atoms with van der Waals surface area (Å²) >= 11 is 0. The number of aliphatic carboxylic acids is 1. The van der Waals surface area contributed by atoms with Crippen LogP contribution in [0.15, 0.2) is 12.7 Å². The lowest BCUT2D eigenvalue weighted by atomic mass is 9.85. The molecular formula is C21H35NO7. The van der Waals surface area contributed by atoms with Gasteiger partial charge < -0.3 is 24.6 Å². The SMILES string of the molecule is C=CCO[C@@H](C)C[C@@H](C)C(CC(=O)OC(C)(C)C)C(=O)N1C[C@H](O)C[C@H]1C(=O)O. The lowest BCUT2D eigenvalue weighted by Gasteiger charge is -2.31. The summed E-state index contributed by atoms with van der Waals surface area (Å²) in [4.78, 5) is 38.4. The van der Waals surface area contributed by atoms with E-state index in [0.717, 1.165) is 0 Å². The summed E-state index contributed by atoms with van der Waals surface area (Å²) in [6, 6.07) is -1.10. The van der Waals surface area contributed by atoms with Crippen molar-refractivity contribution in [3.05, 3.63) is 12.7 Å². The number of esters is 1. The number of amides is 1. The maximum absolute atomic E-state index is 13.2. The summed E-state index contributed by atoms with van der Waals surface area (Å²) < 4.78 is 11.0. The average molecular weight is 414 g/mol. The van der Waals surface area contributed by atoms with Crippen molar-refractivity contribution < 1.29 is 34.1 Å². The van der Waals surface area contributed by atoms with E-state index in [4.69, 9.17) is 9.47 Å². The summed E-state index contributed by atoms with van der Waals surface area (Å²) in [6.45, 7) is 12.9. The van der Waals surface area contributed by atoms with Crippen LogP contribution in [-0.4, -0.2) is 70.0 Å². The van der Waals surface area contributed by atoms with Crippen molar-refractivity contribution in [2.24, 2.45) is 11.8 Å². The molecule has 0 bridgehead atoms. The smallest absolute Gasteiger partial charge is 0.326 e. The van der Waals surface area contributed by atoms with E-state index in [1.807, 2.05) is 13.8 Å². The normalized spacial score (nSPS) is 22.6. The molecule has 0 aromatic heterocycles. The number of carbonyl (C=O) groups excluding carboxylic acids is 2. The minimum Gasteiger partial charge on any atom is -0.480 e. The Hall–Kier alpha value is -1.93. The van der Waals surface area contributed by atoms with Crippen LogP contribution < -0.4 is 0 Å². The van der Waals surface area contributed by atoms with Crippen molar-refractivity contribution in [3.63, 3.8) is 0 Å². The Morgan fingerprint density at radius 1 is 1.28 bits per heavy atom. The number of ether oxygens (including phenoxy) is 2. The van der Waals surface area contributed by atoms with Gasteiger partial charge in [0.1, 0.15) is 11.6 Å². The van der Waals surface area contributed by atoms with Crippen LogP contribution in [0, 0.1) is 11.8 Å². The molecule has 1 saturated heterocycles. The predicted octanol–water partition coefficient (Wildman–Crippen LogP) is 2.00. The van der Waals surface area contributed by atoms with Crippen molar-refractivity contribution in [1.29, 1.82) is 0 Å². The molecule has 1 aliphatic rings. The number of carbonyl (C=O) groups is 3. The van der Waals surface area contributed by atoms with Crippen LogP contribution in [0.25, 0.3) is 0 Å². The van der Waals surface area contributed by atoms with Crippen molar-refractivity contribution in [2.75, 3.05) is 13.2 Å². The number of aliphatic hydroxyl groups excluding tert-OH is 1. The van der Waals surface area contributed by atoms with E-state index in [0.29, 0.717) is 13.0 Å². The fourth-order valence-corrected chi connectivity index (χ4v) is 3.59. The minimum absolute atomic E-state index is 0.0204. The first-order chi connectivity index (χ1) is 13.4. The van der Waals surface area contributed by atoms with Gasteiger partial charge in [-0.05, 0) is 40.0 Å². The monoisotopic (exact) mass is 413 g/mol. The van der Waals surface area contributed by atoms with Crippen LogP contribution in [0.2, 0.25) is 0 Å². The fourth-order valence-electron chi connectivity index (χ4n) is 3.59. The van der Waals surface area contributed by atoms with Crippen molar-refractivity contribution >= 4 is 17.8 Å². The van der Waals surface area contributed by atoms with Crippen molar-refractivity contribution in [1.82, 2.24) is 4.90 Å². The molecule has 1 fully saturated rings. The lowest BCUT2D eigenvalue weighted by molar-refractivity contribution is -0.160. The summed E-state index contributed by atoms with van der Waals surface area (Å²) in [5.41, 5.74) is -0.693. The molecule has 0 aromatic rings. The molecule has 0 saturated carbocycles. The highest BCUT2D eigenvalue weighted by Crippen LogP contribution is 2.29. The lowest BCUT2D eigenvalue weighted by Crippen LogP contribution is -2.46. The first-order valence-corrected chi connectivity index (χ1v) is 10.0. The number of nitrogens with zero attached hydrogens (tertiary/aromatic N) is 1. The molecule has 2 N–H and O–H groups in total. The molecule has 1 aliphatic heterocycles. The highest BCUT2D eigenvalue weighted by Gasteiger charge is 2.43. The number of hydrogen-bond donors (Lipinski definition) is 2. The third-order valence-electron chi connectivity index (χ3n) is 4.86. The van der Waals surface area contributed by atoms with Crippen LogP contribution in [0.3, 0.4) is 0 Å². The number of likely N-dealkylation sites (tertiary alicyclic amines) is 1. The van der Waals surface area contributed by atoms with Crippen LogP contribution in [0.5, 0.6) is 0 Å². The zero-order valence-electron chi connectivity index (χ0n) is 18.1. The van der Waals surface area contributed by atoms with Gasteiger partial charge in [0.15, 0.2) is 0 Å². The van der Waals surface area contributed by atoms with Gasteiger partial charge in [0.2, 0.25) is 5.91 Å². The Labute approximate surface area is 172 Å². The van der Waals surface area contributed by atoms with Crippen molar-refractivity contribution in [3.8, 4) is 0 Å². The Kier molecular flexibility index (Phi) is 9.29. The van der Waals surface area contributed by atoms with Gasteiger partial charge in [0.25, 0.3) is 0 Å². The van der Waals surface area contributed by atoms with E-state index in [-0.39, 0.29) is 31.4 Å². The fraction of sp³-hybridized carbons (Fsp3) is 0.762. The van der Waals surface area contributed by atoms with Crippen LogP contribution in [0.4, 0.5) is 0 Å². The molecule has 0 radical (unpaired) electrons. The molecule has 1 amide bonds. The van der Waals surface area contributed by atoms with Gasteiger partial charge in [-0.15, -0.1) is 6.58 Å². The zero-order chi connectivity index (χ0) is 22.4. The summed E-state index contributed by atoms with van der Waals surface area (Å²) in [7, 11) is 0. The molecule has 5 atom stereocenters. The third kappa shape index (κ3) is 8.14. The maximum atomic E-state index is 13.2. The van der Waals surface area contributed by atoms with Gasteiger partial charge in [-0.1, -0.05) is 13.0 Å². The molecular weight excluding hydrogens is 378 g/mol. The Balaban J connectivity index is 3.01. The standard InChI is InChI=1S/C21H35NO7/c1-7-8-28-14(3)9-13(2)16(11-18(24)29-21(4,5)6)19(25)22-12-15(23)10-17(22)20(26)27/h7,13-17,23H,1,8-12H2,2-6H3,(H,26,27)/t13-,14+,15-,16?,17+/m1/s1. The van der Waals surface area contributed by atoms with E-state index in [9.17, 15) is 24.6 Å². The van der Waals surface area contributed by atoms with Gasteiger partial charge in [0.05, 0.1) is 31.2 Å². The highest BCUT2D eigenvalue weighted by atomic mass is 16.6. The van der Waals surface area contributed by atoms with E-state index in [1.165, 1.54) is 4.90 Å². The van der Waals surface area contributed by atoms with E-state index in [2.05, 4.69) is 6.58 Å². The molecule has 1 unspecified atom stereocenters. The van der Waals surface area contributed by atoms with E-state index in [1.54, 1.807) is 26.8 Å². The average Bonchev–Trinajstić information content (AvgIpc) is 2.97. The molecule has 0 spiro atoms. The molecule has 1 rings (SSSR count). The molecule has 166 valence electrons. The quantitative estimate of drug-likeness (QED) is 0.416. The Morgan fingerprint density at radius 2 is 1.90 bits per heavy atom. The summed E-state index contributed by atoms with van der Waals surface area (Å²) in [6.07, 6.45) is 0.885. The van der Waals surface area contributed by atoms with E-state index >= 15 is 0 Å². The minimum atomic E-state index is -1.17. The number of aliphatic hydroxyl groups is 1. The van der Waals surface area contributed by atoms with Crippen molar-refractivity contribution in [2.45, 2.75) is 77.7 Å². The predicted molar refractivity (Wildman–Crippen MR) is 107 cm³/mol. The molecule has 0 aromatic carbocycles. The second kappa shape index (κ2) is 10.7. The molecule has 29 heavy (non-hydrogen) atoms. The summed E-state index contributed by atoms with van der Waals surface area (Å²) in [5, 5.41) is 19.3. The second-order valence-corrected chi connectivity index (χ2v) is 8.78.